The van der Waals surface area contributed by atoms with Gasteiger partial charge in [0.05, 0.1) is 5.92 Å². The molecule has 70 valence electrons. The van der Waals surface area contributed by atoms with Crippen LogP contribution in [0.3, 0.4) is 0 Å². The molecule has 0 aromatic rings. The van der Waals surface area contributed by atoms with Crippen molar-refractivity contribution in [2.75, 3.05) is 0 Å². The summed E-state index contributed by atoms with van der Waals surface area (Å²) in [5, 5.41) is 25.8. The summed E-state index contributed by atoms with van der Waals surface area (Å²) < 4.78 is 0. The molecule has 0 fully saturated rings. The maximum absolute atomic E-state index is 10.5. The van der Waals surface area contributed by atoms with E-state index in [-0.39, 0.29) is 0 Å². The number of rotatable bonds is 4. The third-order valence-corrected chi connectivity index (χ3v) is 1.60. The lowest BCUT2D eigenvalue weighted by atomic mass is 9.90. The molecule has 0 radical (unpaired) electrons. The van der Waals surface area contributed by atoms with Crippen molar-refractivity contribution in [3.63, 3.8) is 0 Å². The monoisotopic (exact) mass is 176 g/mol. The van der Waals surface area contributed by atoms with Crippen LogP contribution < -0.4 is 0 Å². The molecule has 0 saturated heterocycles. The van der Waals surface area contributed by atoms with Crippen LogP contribution in [0.15, 0.2) is 0 Å². The predicted octanol–water partition coefficient (Wildman–Crippen LogP) is -0.211. The highest BCUT2D eigenvalue weighted by Crippen LogP contribution is 2.15. The standard InChI is InChI=1S/C7H12O5/c1-3(2)4(6(9)10)5(8)7(11)12/h3-5,8H,1-2H3,(H,9,10)(H,11,12)/t4-,5-/m1/s1. The Morgan fingerprint density at radius 2 is 1.50 bits per heavy atom. The fourth-order valence-corrected chi connectivity index (χ4v) is 0.938. The van der Waals surface area contributed by atoms with Crippen LogP contribution in [0.1, 0.15) is 13.8 Å². The van der Waals surface area contributed by atoms with E-state index in [1.54, 1.807) is 13.8 Å². The Balaban J connectivity index is 4.51. The zero-order chi connectivity index (χ0) is 9.89. The molecule has 0 unspecified atom stereocenters. The molecule has 0 aliphatic heterocycles. The summed E-state index contributed by atoms with van der Waals surface area (Å²) in [6.07, 6.45) is -1.83. The van der Waals surface area contributed by atoms with Crippen LogP contribution in [0.2, 0.25) is 0 Å². The first-order valence-electron chi connectivity index (χ1n) is 3.51. The van der Waals surface area contributed by atoms with Gasteiger partial charge in [0.15, 0.2) is 6.10 Å². The highest BCUT2D eigenvalue weighted by molar-refractivity contribution is 5.81. The minimum Gasteiger partial charge on any atom is -0.481 e. The second-order valence-corrected chi connectivity index (χ2v) is 2.89. The van der Waals surface area contributed by atoms with Crippen molar-refractivity contribution in [1.29, 1.82) is 0 Å². The lowest BCUT2D eigenvalue weighted by molar-refractivity contribution is -0.161. The summed E-state index contributed by atoms with van der Waals surface area (Å²) >= 11 is 0. The van der Waals surface area contributed by atoms with E-state index in [1.165, 1.54) is 0 Å². The van der Waals surface area contributed by atoms with E-state index in [2.05, 4.69) is 0 Å². The maximum Gasteiger partial charge on any atom is 0.333 e. The third kappa shape index (κ3) is 2.50. The van der Waals surface area contributed by atoms with E-state index in [4.69, 9.17) is 15.3 Å². The number of carboxylic acids is 2. The summed E-state index contributed by atoms with van der Waals surface area (Å²) in [5.74, 6) is -4.45. The van der Waals surface area contributed by atoms with Gasteiger partial charge in [-0.25, -0.2) is 4.79 Å². The van der Waals surface area contributed by atoms with Crippen molar-refractivity contribution >= 4 is 11.9 Å². The van der Waals surface area contributed by atoms with Gasteiger partial charge in [-0.05, 0) is 5.92 Å². The Hall–Kier alpha value is -1.10. The van der Waals surface area contributed by atoms with E-state index < -0.39 is 29.9 Å². The summed E-state index contributed by atoms with van der Waals surface area (Å²) in [7, 11) is 0. The summed E-state index contributed by atoms with van der Waals surface area (Å²) in [4.78, 5) is 20.7. The first kappa shape index (κ1) is 10.9. The van der Waals surface area contributed by atoms with Crippen LogP contribution in [0.4, 0.5) is 0 Å². The predicted molar refractivity (Wildman–Crippen MR) is 39.6 cm³/mol. The second-order valence-electron chi connectivity index (χ2n) is 2.89. The minimum atomic E-state index is -1.83. The molecule has 0 aliphatic rings. The molecule has 5 nitrogen and oxygen atoms in total. The summed E-state index contributed by atoms with van der Waals surface area (Å²) in [6.45, 7) is 3.09. The van der Waals surface area contributed by atoms with E-state index in [1.807, 2.05) is 0 Å². The molecule has 0 amide bonds. The van der Waals surface area contributed by atoms with Crippen molar-refractivity contribution in [3.8, 4) is 0 Å². The molecule has 12 heavy (non-hydrogen) atoms. The lowest BCUT2D eigenvalue weighted by Crippen LogP contribution is -2.37. The molecular weight excluding hydrogens is 164 g/mol. The van der Waals surface area contributed by atoms with Gasteiger partial charge in [-0.2, -0.15) is 0 Å². The number of carboxylic acid groups (broad SMARTS) is 2. The molecule has 2 atom stereocenters. The van der Waals surface area contributed by atoms with Crippen LogP contribution in [0.25, 0.3) is 0 Å². The first-order valence-corrected chi connectivity index (χ1v) is 3.51. The van der Waals surface area contributed by atoms with Crippen molar-refractivity contribution in [2.45, 2.75) is 20.0 Å². The van der Waals surface area contributed by atoms with Crippen molar-refractivity contribution in [3.05, 3.63) is 0 Å². The zero-order valence-corrected chi connectivity index (χ0v) is 6.89. The molecule has 0 spiro atoms. The molecular formula is C7H12O5. The molecule has 0 rings (SSSR count). The van der Waals surface area contributed by atoms with Gasteiger partial charge >= 0.3 is 11.9 Å². The third-order valence-electron chi connectivity index (χ3n) is 1.60. The Kier molecular flexibility index (Phi) is 3.69. The van der Waals surface area contributed by atoms with Crippen LogP contribution in [0.5, 0.6) is 0 Å². The summed E-state index contributed by atoms with van der Waals surface area (Å²) in [6, 6.07) is 0. The minimum absolute atomic E-state index is 0.409. The molecule has 0 saturated carbocycles. The van der Waals surface area contributed by atoms with E-state index in [0.29, 0.717) is 0 Å². The maximum atomic E-state index is 10.5. The van der Waals surface area contributed by atoms with Crippen LogP contribution in [0, 0.1) is 11.8 Å². The van der Waals surface area contributed by atoms with Crippen molar-refractivity contribution < 1.29 is 24.9 Å². The number of hydrogen-bond donors (Lipinski definition) is 3. The van der Waals surface area contributed by atoms with Gasteiger partial charge in [0, 0.05) is 0 Å². The smallest absolute Gasteiger partial charge is 0.333 e. The molecule has 3 N–H and O–H groups in total. The number of aliphatic hydroxyl groups excluding tert-OH is 1. The van der Waals surface area contributed by atoms with Crippen LogP contribution >= 0.6 is 0 Å². The van der Waals surface area contributed by atoms with E-state index >= 15 is 0 Å². The number of hydrogen-bond acceptors (Lipinski definition) is 3. The average molecular weight is 176 g/mol. The zero-order valence-electron chi connectivity index (χ0n) is 6.89. The SMILES string of the molecule is CC(C)[C@@H](C(=O)O)[C@@H](O)C(=O)O. The van der Waals surface area contributed by atoms with Gasteiger partial charge in [-0.3, -0.25) is 4.79 Å². The first-order chi connectivity index (χ1) is 5.37. The van der Waals surface area contributed by atoms with E-state index in [9.17, 15) is 9.59 Å². The normalized spacial score (nSPS) is 15.7. The van der Waals surface area contributed by atoms with Gasteiger partial charge in [0.25, 0.3) is 0 Å². The largest absolute Gasteiger partial charge is 0.481 e. The average Bonchev–Trinajstić information content (AvgIpc) is 1.85. The quantitative estimate of drug-likeness (QED) is 0.550. The molecule has 0 bridgehead atoms. The summed E-state index contributed by atoms with van der Waals surface area (Å²) in [5.41, 5.74) is 0. The Bertz CT molecular complexity index is 186. The number of aliphatic hydroxyl groups is 1. The molecule has 0 heterocycles. The van der Waals surface area contributed by atoms with Crippen molar-refractivity contribution in [1.82, 2.24) is 0 Å². The topological polar surface area (TPSA) is 94.8 Å². The number of aliphatic carboxylic acids is 2. The fourth-order valence-electron chi connectivity index (χ4n) is 0.938. The molecule has 0 aliphatic carbocycles. The second kappa shape index (κ2) is 4.06. The van der Waals surface area contributed by atoms with Crippen LogP contribution in [-0.4, -0.2) is 33.4 Å². The van der Waals surface area contributed by atoms with Gasteiger partial charge in [0.1, 0.15) is 0 Å². The van der Waals surface area contributed by atoms with E-state index in [0.717, 1.165) is 0 Å². The van der Waals surface area contributed by atoms with Gasteiger partial charge in [0.2, 0.25) is 0 Å². The van der Waals surface area contributed by atoms with Gasteiger partial charge in [-0.1, -0.05) is 13.8 Å². The highest BCUT2D eigenvalue weighted by Gasteiger charge is 2.34. The molecule has 0 aromatic carbocycles. The lowest BCUT2D eigenvalue weighted by Gasteiger charge is -2.18. The Morgan fingerprint density at radius 1 is 1.08 bits per heavy atom. The van der Waals surface area contributed by atoms with Gasteiger partial charge < -0.3 is 15.3 Å². The Labute approximate surface area is 69.6 Å². The molecule has 0 aromatic heterocycles. The molecule has 5 heteroatoms. The highest BCUT2D eigenvalue weighted by atomic mass is 16.4. The van der Waals surface area contributed by atoms with Crippen molar-refractivity contribution in [2.24, 2.45) is 11.8 Å². The van der Waals surface area contributed by atoms with Crippen LogP contribution in [-0.2, 0) is 9.59 Å². The number of carbonyl (C=O) groups is 2. The Morgan fingerprint density at radius 3 is 1.58 bits per heavy atom. The van der Waals surface area contributed by atoms with Gasteiger partial charge in [-0.15, -0.1) is 0 Å². The fraction of sp³-hybridized carbons (Fsp3) is 0.714.